The van der Waals surface area contributed by atoms with E-state index in [0.717, 1.165) is 33.5 Å². The zero-order valence-corrected chi connectivity index (χ0v) is 21.9. The van der Waals surface area contributed by atoms with Gasteiger partial charge in [-0.15, -0.1) is 0 Å². The Labute approximate surface area is 227 Å². The first-order valence-electron chi connectivity index (χ1n) is 13.5. The van der Waals surface area contributed by atoms with Gasteiger partial charge < -0.3 is 4.74 Å². The Hall–Kier alpha value is -4.51. The van der Waals surface area contributed by atoms with Crippen LogP contribution in [0.1, 0.15) is 40.7 Å². The van der Waals surface area contributed by atoms with Crippen molar-refractivity contribution >= 4 is 29.4 Å². The van der Waals surface area contributed by atoms with Crippen LogP contribution in [-0.4, -0.2) is 24.6 Å². The average molecular weight is 513 g/mol. The lowest BCUT2D eigenvalue weighted by atomic mass is 9.47. The van der Waals surface area contributed by atoms with Crippen molar-refractivity contribution in [2.24, 2.45) is 16.8 Å². The molecule has 1 saturated heterocycles. The topological polar surface area (TPSA) is 59.0 Å². The van der Waals surface area contributed by atoms with Gasteiger partial charge in [0.15, 0.2) is 0 Å². The van der Waals surface area contributed by atoms with E-state index >= 15 is 0 Å². The number of hydrogen-bond acceptors (Lipinski definition) is 4. The van der Waals surface area contributed by atoms with Crippen LogP contribution in [0.2, 0.25) is 0 Å². The van der Waals surface area contributed by atoms with Gasteiger partial charge in [-0.1, -0.05) is 60.7 Å². The lowest BCUT2D eigenvalue weighted by Gasteiger charge is -2.52. The number of aryl methyl sites for hydroxylation is 1. The summed E-state index contributed by atoms with van der Waals surface area (Å²) in [6.07, 6.45) is 1.94. The normalized spacial score (nSPS) is 24.6. The van der Waals surface area contributed by atoms with Crippen LogP contribution in [0.5, 0.6) is 5.75 Å². The quantitative estimate of drug-likeness (QED) is 0.231. The van der Waals surface area contributed by atoms with Gasteiger partial charge in [-0.2, -0.15) is 0 Å². The first kappa shape index (κ1) is 23.6. The summed E-state index contributed by atoms with van der Waals surface area (Å²) in [6, 6.07) is 31.8. The van der Waals surface area contributed by atoms with E-state index in [1.165, 1.54) is 4.90 Å². The van der Waals surface area contributed by atoms with E-state index < -0.39 is 17.3 Å². The third-order valence-electron chi connectivity index (χ3n) is 8.51. The molecular weight excluding hydrogens is 484 g/mol. The number of hydrogen-bond donors (Lipinski definition) is 0. The Morgan fingerprint density at radius 3 is 2.15 bits per heavy atom. The molecule has 4 aromatic carbocycles. The van der Waals surface area contributed by atoms with Crippen LogP contribution < -0.4 is 9.64 Å². The van der Waals surface area contributed by atoms with Gasteiger partial charge in [-0.3, -0.25) is 14.6 Å². The highest BCUT2D eigenvalue weighted by molar-refractivity contribution is 6.25. The fourth-order valence-electron chi connectivity index (χ4n) is 7.05. The van der Waals surface area contributed by atoms with E-state index in [1.807, 2.05) is 80.7 Å². The molecule has 2 atom stereocenters. The summed E-state index contributed by atoms with van der Waals surface area (Å²) >= 11 is 0. The summed E-state index contributed by atoms with van der Waals surface area (Å²) in [7, 11) is 0. The molecule has 8 rings (SSSR count). The molecule has 0 aromatic heterocycles. The van der Waals surface area contributed by atoms with Crippen LogP contribution in [0.25, 0.3) is 0 Å². The molecule has 1 aliphatic heterocycles. The van der Waals surface area contributed by atoms with Crippen molar-refractivity contribution < 1.29 is 14.3 Å². The van der Waals surface area contributed by atoms with Gasteiger partial charge in [-0.25, -0.2) is 4.90 Å². The third-order valence-corrected chi connectivity index (χ3v) is 8.51. The molecule has 5 nitrogen and oxygen atoms in total. The molecule has 4 aromatic rings. The van der Waals surface area contributed by atoms with Gasteiger partial charge in [-0.05, 0) is 78.1 Å². The molecule has 0 N–H and O–H groups in total. The molecule has 3 aliphatic carbocycles. The highest BCUT2D eigenvalue weighted by atomic mass is 16.5. The smallest absolute Gasteiger partial charge is 0.239 e. The third kappa shape index (κ3) is 3.29. The molecule has 0 unspecified atom stereocenters. The molecule has 2 amide bonds. The molecular formula is C34H28N2O3. The molecule has 4 aliphatic rings. The maximum absolute atomic E-state index is 14.5. The minimum absolute atomic E-state index is 0.156. The van der Waals surface area contributed by atoms with Crippen molar-refractivity contribution in [2.45, 2.75) is 25.2 Å². The van der Waals surface area contributed by atoms with Crippen molar-refractivity contribution in [2.75, 3.05) is 11.5 Å². The summed E-state index contributed by atoms with van der Waals surface area (Å²) < 4.78 is 5.59. The van der Waals surface area contributed by atoms with E-state index in [-0.39, 0.29) is 17.7 Å². The first-order chi connectivity index (χ1) is 19.0. The fraction of sp³-hybridized carbons (Fsp3) is 0.206. The lowest BCUT2D eigenvalue weighted by molar-refractivity contribution is -0.122. The summed E-state index contributed by atoms with van der Waals surface area (Å²) in [4.78, 5) is 35.1. The standard InChI is InChI=1S/C34H28N2O3/c1-3-39-24-17-15-23(16-18-24)36-32(37)30-29-25-11-4-6-13-27(25)34(31(30)33(36)38,28-14-7-5-12-26(28)29)20-35-22-10-8-9-21(2)19-22/h4-20,29-31H,3H2,1-2H3/t29?,30-,31-,34?/m0/s1. The van der Waals surface area contributed by atoms with Crippen LogP contribution in [0, 0.1) is 18.8 Å². The van der Waals surface area contributed by atoms with Crippen LogP contribution in [-0.2, 0) is 15.0 Å². The van der Waals surface area contributed by atoms with Gasteiger partial charge in [0.25, 0.3) is 0 Å². The predicted molar refractivity (Wildman–Crippen MR) is 152 cm³/mol. The van der Waals surface area contributed by atoms with Crippen molar-refractivity contribution in [3.8, 4) is 5.75 Å². The number of aliphatic imine (C=N–C) groups is 1. The molecule has 0 radical (unpaired) electrons. The zero-order chi connectivity index (χ0) is 26.7. The molecule has 1 fully saturated rings. The summed E-state index contributed by atoms with van der Waals surface area (Å²) in [5, 5.41) is 0. The van der Waals surface area contributed by atoms with E-state index in [4.69, 9.17) is 9.73 Å². The van der Waals surface area contributed by atoms with Gasteiger partial charge in [0, 0.05) is 12.1 Å². The number of ether oxygens (including phenoxy) is 1. The van der Waals surface area contributed by atoms with Gasteiger partial charge in [0.05, 0.1) is 35.2 Å². The minimum atomic E-state index is -0.872. The van der Waals surface area contributed by atoms with E-state index in [2.05, 4.69) is 24.3 Å². The number of carbonyl (C=O) groups is 2. The number of nitrogens with zero attached hydrogens (tertiary/aromatic N) is 2. The van der Waals surface area contributed by atoms with Gasteiger partial charge >= 0.3 is 0 Å². The second-order valence-electron chi connectivity index (χ2n) is 10.6. The maximum Gasteiger partial charge on any atom is 0.239 e. The molecule has 39 heavy (non-hydrogen) atoms. The Balaban J connectivity index is 1.45. The number of amides is 2. The zero-order valence-electron chi connectivity index (χ0n) is 21.9. The highest BCUT2D eigenvalue weighted by Crippen LogP contribution is 2.63. The van der Waals surface area contributed by atoms with E-state index in [1.54, 1.807) is 12.1 Å². The van der Waals surface area contributed by atoms with Crippen LogP contribution in [0.15, 0.2) is 102 Å². The fourth-order valence-corrected chi connectivity index (χ4v) is 7.05. The highest BCUT2D eigenvalue weighted by Gasteiger charge is 2.67. The molecule has 0 saturated carbocycles. The maximum atomic E-state index is 14.5. The summed E-state index contributed by atoms with van der Waals surface area (Å²) in [5.41, 5.74) is 5.95. The minimum Gasteiger partial charge on any atom is -0.494 e. The Morgan fingerprint density at radius 2 is 1.51 bits per heavy atom. The second-order valence-corrected chi connectivity index (χ2v) is 10.6. The molecule has 0 spiro atoms. The molecule has 5 heteroatoms. The number of benzene rings is 4. The second kappa shape index (κ2) is 8.77. The number of rotatable bonds is 5. The molecule has 2 bridgehead atoms. The van der Waals surface area contributed by atoms with Crippen LogP contribution in [0.4, 0.5) is 11.4 Å². The van der Waals surface area contributed by atoms with Crippen molar-refractivity contribution in [1.29, 1.82) is 0 Å². The SMILES string of the molecule is CCOc1ccc(N2C(=O)[C@@H]3[C@@H](C2=O)C2c4ccccc4C3(C=Nc3cccc(C)c3)c3ccccc32)cc1. The molecule has 192 valence electrons. The Bertz CT molecular complexity index is 1610. The van der Waals surface area contributed by atoms with Crippen LogP contribution >= 0.6 is 0 Å². The summed E-state index contributed by atoms with van der Waals surface area (Å²) in [6.45, 7) is 4.51. The van der Waals surface area contributed by atoms with Crippen molar-refractivity contribution in [1.82, 2.24) is 0 Å². The largest absolute Gasteiger partial charge is 0.494 e. The Morgan fingerprint density at radius 1 is 0.846 bits per heavy atom. The van der Waals surface area contributed by atoms with Gasteiger partial charge in [0.1, 0.15) is 5.75 Å². The number of imide groups is 1. The predicted octanol–water partition coefficient (Wildman–Crippen LogP) is 6.35. The van der Waals surface area contributed by atoms with E-state index in [0.29, 0.717) is 18.0 Å². The number of anilines is 1. The van der Waals surface area contributed by atoms with Crippen molar-refractivity contribution in [3.63, 3.8) is 0 Å². The van der Waals surface area contributed by atoms with E-state index in [9.17, 15) is 9.59 Å². The number of carbonyl (C=O) groups excluding carboxylic acids is 2. The summed E-state index contributed by atoms with van der Waals surface area (Å²) in [5.74, 6) is -0.937. The van der Waals surface area contributed by atoms with Crippen LogP contribution in [0.3, 0.4) is 0 Å². The first-order valence-corrected chi connectivity index (χ1v) is 13.5. The molecule has 1 heterocycles. The average Bonchev–Trinajstić information content (AvgIpc) is 3.23. The van der Waals surface area contributed by atoms with Gasteiger partial charge in [0.2, 0.25) is 11.8 Å². The lowest BCUT2D eigenvalue weighted by Crippen LogP contribution is -2.54. The monoisotopic (exact) mass is 512 g/mol. The Kier molecular flexibility index (Phi) is 5.31. The van der Waals surface area contributed by atoms with Crippen molar-refractivity contribution in [3.05, 3.63) is 125 Å².